The molecule has 0 bridgehead atoms. The molecule has 0 radical (unpaired) electrons. The molecule has 1 saturated carbocycles. The van der Waals surface area contributed by atoms with Crippen molar-refractivity contribution in [2.75, 3.05) is 11.9 Å². The van der Waals surface area contributed by atoms with Gasteiger partial charge in [-0.1, -0.05) is 28.8 Å². The molecule has 1 aromatic rings. The van der Waals surface area contributed by atoms with Crippen LogP contribution in [0, 0.1) is 8.99 Å². The molecule has 0 aromatic heterocycles. The molecule has 0 amide bonds. The lowest BCUT2D eigenvalue weighted by atomic mass is 9.90. The average molecular weight is 395 g/mol. The predicted molar refractivity (Wildman–Crippen MR) is 79.3 cm³/mol. The number of hydrogen-bond acceptors (Lipinski definition) is 1. The lowest BCUT2D eigenvalue weighted by Gasteiger charge is -2.26. The summed E-state index contributed by atoms with van der Waals surface area (Å²) in [6.45, 7) is 0.846. The van der Waals surface area contributed by atoms with Gasteiger partial charge < -0.3 is 4.74 Å². The van der Waals surface area contributed by atoms with E-state index in [1.165, 1.54) is 29.3 Å². The highest BCUT2D eigenvalue weighted by Crippen LogP contribution is 2.39. The zero-order valence-corrected chi connectivity index (χ0v) is 13.0. The first-order valence-corrected chi connectivity index (χ1v) is 7.88. The molecular weight excluding hydrogens is 379 g/mol. The molecule has 1 aromatic carbocycles. The van der Waals surface area contributed by atoms with Crippen LogP contribution in [0.25, 0.3) is 0 Å². The third kappa shape index (κ3) is 3.13. The Morgan fingerprint density at radius 3 is 2.38 bits per heavy atom. The van der Waals surface area contributed by atoms with E-state index >= 15 is 0 Å². The largest absolute Gasteiger partial charge is 0.493 e. The average Bonchev–Trinajstić information content (AvgIpc) is 2.78. The predicted octanol–water partition coefficient (Wildman–Crippen LogP) is 4.63. The molecule has 0 aliphatic heterocycles. The number of benzene rings is 1. The molecule has 0 atom stereocenters. The van der Waals surface area contributed by atoms with Crippen LogP contribution in [0.5, 0.6) is 5.75 Å². The normalized spacial score (nSPS) is 18.6. The Kier molecular flexibility index (Phi) is 4.53. The van der Waals surface area contributed by atoms with Crippen molar-refractivity contribution in [3.05, 3.63) is 27.8 Å². The van der Waals surface area contributed by atoms with Gasteiger partial charge in [-0.2, -0.15) is 0 Å². The molecule has 1 fully saturated rings. The van der Waals surface area contributed by atoms with Crippen molar-refractivity contribution < 1.29 is 4.74 Å². The van der Waals surface area contributed by atoms with E-state index in [4.69, 9.17) is 4.74 Å². The van der Waals surface area contributed by atoms with Gasteiger partial charge in [-0.05, 0) is 59.7 Å². The first-order valence-electron chi connectivity index (χ1n) is 5.68. The third-order valence-corrected chi connectivity index (χ3v) is 5.22. The second-order valence-corrected chi connectivity index (χ2v) is 6.39. The minimum atomic E-state index is 0.378. The van der Waals surface area contributed by atoms with Gasteiger partial charge in [0.1, 0.15) is 5.75 Å². The zero-order valence-electron chi connectivity index (χ0n) is 9.22. The Hall–Kier alpha value is 0.230. The molecule has 0 N–H and O–H groups in total. The van der Waals surface area contributed by atoms with Crippen molar-refractivity contribution in [3.8, 4) is 5.75 Å². The van der Waals surface area contributed by atoms with Crippen LogP contribution >= 0.6 is 38.5 Å². The third-order valence-electron chi connectivity index (χ3n) is 3.31. The second-order valence-electron chi connectivity index (χ2n) is 4.58. The highest BCUT2D eigenvalue weighted by molar-refractivity contribution is 14.1. The number of halogens is 2. The summed E-state index contributed by atoms with van der Waals surface area (Å²) >= 11 is 5.95. The summed E-state index contributed by atoms with van der Waals surface area (Å²) in [5, 5.41) is 1.06. The summed E-state index contributed by atoms with van der Waals surface area (Å²) in [6, 6.07) is 8.29. The SMILES string of the molecule is BrCC1(COc2ccc(I)cc2)CCCC1. The summed E-state index contributed by atoms with van der Waals surface area (Å²) in [7, 11) is 0. The van der Waals surface area contributed by atoms with Crippen molar-refractivity contribution in [1.29, 1.82) is 0 Å². The summed E-state index contributed by atoms with van der Waals surface area (Å²) in [6.07, 6.45) is 5.29. The van der Waals surface area contributed by atoms with Gasteiger partial charge in [0.2, 0.25) is 0 Å². The van der Waals surface area contributed by atoms with Crippen LogP contribution in [0.1, 0.15) is 25.7 Å². The first kappa shape index (κ1) is 12.7. The molecule has 0 saturated heterocycles. The van der Waals surface area contributed by atoms with Crippen LogP contribution in [0.3, 0.4) is 0 Å². The number of ether oxygens (including phenoxy) is 1. The van der Waals surface area contributed by atoms with E-state index in [0.29, 0.717) is 5.41 Å². The van der Waals surface area contributed by atoms with Gasteiger partial charge in [-0.15, -0.1) is 0 Å². The second kappa shape index (κ2) is 5.71. The minimum Gasteiger partial charge on any atom is -0.493 e. The lowest BCUT2D eigenvalue weighted by molar-refractivity contribution is 0.174. The molecule has 0 heterocycles. The topological polar surface area (TPSA) is 9.23 Å². The molecular formula is C13H16BrIO. The fourth-order valence-corrected chi connectivity index (χ4v) is 3.29. The van der Waals surface area contributed by atoms with Crippen LogP contribution < -0.4 is 4.74 Å². The maximum absolute atomic E-state index is 5.91. The van der Waals surface area contributed by atoms with Gasteiger partial charge in [0.25, 0.3) is 0 Å². The molecule has 0 unspecified atom stereocenters. The van der Waals surface area contributed by atoms with Crippen LogP contribution in [-0.4, -0.2) is 11.9 Å². The van der Waals surface area contributed by atoms with Crippen molar-refractivity contribution in [3.63, 3.8) is 0 Å². The monoisotopic (exact) mass is 394 g/mol. The van der Waals surface area contributed by atoms with Crippen molar-refractivity contribution in [2.45, 2.75) is 25.7 Å². The lowest BCUT2D eigenvalue weighted by Crippen LogP contribution is -2.26. The van der Waals surface area contributed by atoms with E-state index in [2.05, 4.69) is 62.8 Å². The fraction of sp³-hybridized carbons (Fsp3) is 0.538. The van der Waals surface area contributed by atoms with Crippen molar-refractivity contribution in [2.24, 2.45) is 5.41 Å². The van der Waals surface area contributed by atoms with Crippen LogP contribution in [0.2, 0.25) is 0 Å². The van der Waals surface area contributed by atoms with Gasteiger partial charge in [0.15, 0.2) is 0 Å². The van der Waals surface area contributed by atoms with E-state index in [1.54, 1.807) is 0 Å². The van der Waals surface area contributed by atoms with Crippen LogP contribution in [-0.2, 0) is 0 Å². The van der Waals surface area contributed by atoms with Crippen molar-refractivity contribution in [1.82, 2.24) is 0 Å². The summed E-state index contributed by atoms with van der Waals surface area (Å²) in [5.41, 5.74) is 0.378. The standard InChI is InChI=1S/C13H16BrIO/c14-9-13(7-1-2-8-13)10-16-12-5-3-11(15)4-6-12/h3-6H,1-2,7-10H2. The van der Waals surface area contributed by atoms with Crippen LogP contribution in [0.15, 0.2) is 24.3 Å². The van der Waals surface area contributed by atoms with E-state index in [-0.39, 0.29) is 0 Å². The molecule has 0 spiro atoms. The highest BCUT2D eigenvalue weighted by Gasteiger charge is 2.33. The van der Waals surface area contributed by atoms with Crippen molar-refractivity contribution >= 4 is 38.5 Å². The van der Waals surface area contributed by atoms with E-state index < -0.39 is 0 Å². The van der Waals surface area contributed by atoms with Gasteiger partial charge >= 0.3 is 0 Å². The van der Waals surface area contributed by atoms with Gasteiger partial charge in [0.05, 0.1) is 6.61 Å². The van der Waals surface area contributed by atoms with Gasteiger partial charge in [-0.3, -0.25) is 0 Å². The van der Waals surface area contributed by atoms with Gasteiger partial charge in [-0.25, -0.2) is 0 Å². The Balaban J connectivity index is 1.93. The number of rotatable bonds is 4. The smallest absolute Gasteiger partial charge is 0.119 e. The molecule has 3 heteroatoms. The quantitative estimate of drug-likeness (QED) is 0.534. The van der Waals surface area contributed by atoms with E-state index in [0.717, 1.165) is 17.7 Å². The molecule has 1 nitrogen and oxygen atoms in total. The molecule has 2 rings (SSSR count). The number of hydrogen-bond donors (Lipinski definition) is 0. The van der Waals surface area contributed by atoms with E-state index in [9.17, 15) is 0 Å². The maximum atomic E-state index is 5.91. The van der Waals surface area contributed by atoms with Gasteiger partial charge in [0, 0.05) is 14.3 Å². The Morgan fingerprint density at radius 1 is 1.19 bits per heavy atom. The summed E-state index contributed by atoms with van der Waals surface area (Å²) in [5.74, 6) is 0.993. The number of alkyl halides is 1. The minimum absolute atomic E-state index is 0.378. The maximum Gasteiger partial charge on any atom is 0.119 e. The fourth-order valence-electron chi connectivity index (χ4n) is 2.21. The Bertz CT molecular complexity index is 330. The summed E-state index contributed by atoms with van der Waals surface area (Å²) < 4.78 is 7.16. The van der Waals surface area contributed by atoms with E-state index in [1.807, 2.05) is 0 Å². The first-order chi connectivity index (χ1) is 7.74. The Morgan fingerprint density at radius 2 is 1.81 bits per heavy atom. The molecule has 1 aliphatic rings. The Labute approximate surface area is 119 Å². The summed E-state index contributed by atoms with van der Waals surface area (Å²) in [4.78, 5) is 0. The molecule has 88 valence electrons. The highest BCUT2D eigenvalue weighted by atomic mass is 127. The molecule has 1 aliphatic carbocycles. The zero-order chi connectivity index (χ0) is 11.4. The molecule has 16 heavy (non-hydrogen) atoms. The van der Waals surface area contributed by atoms with Crippen LogP contribution in [0.4, 0.5) is 0 Å².